The normalized spacial score (nSPS) is 21.0. The first-order valence-electron chi connectivity index (χ1n) is 12.6. The van der Waals surface area contributed by atoms with Gasteiger partial charge in [0.05, 0.1) is 17.1 Å². The van der Waals surface area contributed by atoms with Crippen molar-refractivity contribution in [1.82, 2.24) is 4.90 Å². The van der Waals surface area contributed by atoms with Crippen molar-refractivity contribution in [2.24, 2.45) is 11.8 Å². The second-order valence-electron chi connectivity index (χ2n) is 10.2. The Balaban J connectivity index is 1.52. The molecule has 2 atom stereocenters. The molecule has 2 amide bonds. The average molecular weight is 497 g/mol. The van der Waals surface area contributed by atoms with E-state index in [-0.39, 0.29) is 11.8 Å². The Labute approximate surface area is 218 Å². The van der Waals surface area contributed by atoms with Crippen molar-refractivity contribution in [2.75, 3.05) is 18.0 Å². The Morgan fingerprint density at radius 1 is 0.972 bits per heavy atom. The van der Waals surface area contributed by atoms with Crippen molar-refractivity contribution < 1.29 is 9.59 Å². The molecule has 0 aromatic heterocycles. The fourth-order valence-electron chi connectivity index (χ4n) is 5.31. The molecule has 36 heavy (non-hydrogen) atoms. The standard InChI is InChI=1S/C31H32N2O2S/c1-21-8-7-11-25(15-21)20-33-27-17-26(30(34)32-18-22(2)14-23(3)19-32)12-13-28(27)36-29(31(33)35)16-24-9-5-4-6-10-24/h4-13,15-17,22-23H,14,18-20H2,1-3H3/b29-16+. The molecule has 2 aliphatic heterocycles. The highest BCUT2D eigenvalue weighted by atomic mass is 32.2. The molecule has 3 aromatic carbocycles. The highest BCUT2D eigenvalue weighted by Gasteiger charge is 2.32. The van der Waals surface area contributed by atoms with Crippen LogP contribution in [0, 0.1) is 18.8 Å². The molecule has 0 N–H and O–H groups in total. The SMILES string of the molecule is Cc1cccc(CN2C(=O)/C(=C\c3ccccc3)Sc3ccc(C(=O)N4CC(C)CC(C)C4)cc32)c1. The van der Waals surface area contributed by atoms with Crippen LogP contribution in [-0.4, -0.2) is 29.8 Å². The van der Waals surface area contributed by atoms with E-state index >= 15 is 0 Å². The third-order valence-electron chi connectivity index (χ3n) is 6.85. The first-order chi connectivity index (χ1) is 17.4. The molecule has 2 aliphatic rings. The van der Waals surface area contributed by atoms with Crippen LogP contribution >= 0.6 is 11.8 Å². The van der Waals surface area contributed by atoms with Crippen molar-refractivity contribution in [3.8, 4) is 0 Å². The van der Waals surface area contributed by atoms with Crippen LogP contribution in [-0.2, 0) is 11.3 Å². The predicted octanol–water partition coefficient (Wildman–Crippen LogP) is 6.79. The predicted molar refractivity (Wildman–Crippen MR) is 148 cm³/mol. The molecule has 0 bridgehead atoms. The largest absolute Gasteiger partial charge is 0.338 e. The van der Waals surface area contributed by atoms with E-state index in [4.69, 9.17) is 0 Å². The van der Waals surface area contributed by atoms with Crippen LogP contribution < -0.4 is 4.90 Å². The lowest BCUT2D eigenvalue weighted by Crippen LogP contribution is -2.42. The Morgan fingerprint density at radius 2 is 1.72 bits per heavy atom. The van der Waals surface area contributed by atoms with Crippen LogP contribution in [0.2, 0.25) is 0 Å². The number of fused-ring (bicyclic) bond motifs is 1. The van der Waals surface area contributed by atoms with E-state index in [2.05, 4.69) is 32.9 Å². The van der Waals surface area contributed by atoms with Gasteiger partial charge in [-0.25, -0.2) is 0 Å². The van der Waals surface area contributed by atoms with Gasteiger partial charge in [-0.2, -0.15) is 0 Å². The van der Waals surface area contributed by atoms with Crippen LogP contribution in [0.5, 0.6) is 0 Å². The van der Waals surface area contributed by atoms with Gasteiger partial charge in [0.15, 0.2) is 0 Å². The number of hydrogen-bond acceptors (Lipinski definition) is 3. The summed E-state index contributed by atoms with van der Waals surface area (Å²) in [4.78, 5) is 32.7. The lowest BCUT2D eigenvalue weighted by Gasteiger charge is -2.35. The summed E-state index contributed by atoms with van der Waals surface area (Å²) in [7, 11) is 0. The number of amides is 2. The molecular weight excluding hydrogens is 464 g/mol. The first-order valence-corrected chi connectivity index (χ1v) is 13.4. The summed E-state index contributed by atoms with van der Waals surface area (Å²) in [5, 5.41) is 0. The van der Waals surface area contributed by atoms with Gasteiger partial charge in [-0.1, -0.05) is 85.8 Å². The Morgan fingerprint density at radius 3 is 2.44 bits per heavy atom. The molecule has 1 fully saturated rings. The summed E-state index contributed by atoms with van der Waals surface area (Å²) >= 11 is 1.48. The summed E-state index contributed by atoms with van der Waals surface area (Å²) in [5.74, 6) is 1.00. The number of likely N-dealkylation sites (tertiary alicyclic amines) is 1. The topological polar surface area (TPSA) is 40.6 Å². The minimum absolute atomic E-state index is 0.0392. The maximum absolute atomic E-state index is 13.8. The van der Waals surface area contributed by atoms with Gasteiger partial charge < -0.3 is 9.80 Å². The maximum Gasteiger partial charge on any atom is 0.265 e. The zero-order valence-corrected chi connectivity index (χ0v) is 21.9. The van der Waals surface area contributed by atoms with E-state index in [1.807, 2.05) is 76.5 Å². The van der Waals surface area contributed by atoms with Gasteiger partial charge in [0, 0.05) is 23.5 Å². The smallest absolute Gasteiger partial charge is 0.265 e. The molecule has 0 aliphatic carbocycles. The Hall–Kier alpha value is -3.31. The van der Waals surface area contributed by atoms with Crippen molar-refractivity contribution in [3.05, 3.63) is 100.0 Å². The molecule has 0 saturated carbocycles. The fourth-order valence-corrected chi connectivity index (χ4v) is 6.34. The number of carbonyl (C=O) groups is 2. The van der Waals surface area contributed by atoms with Gasteiger partial charge in [-0.3, -0.25) is 9.59 Å². The van der Waals surface area contributed by atoms with E-state index in [9.17, 15) is 9.59 Å². The van der Waals surface area contributed by atoms with Gasteiger partial charge >= 0.3 is 0 Å². The van der Waals surface area contributed by atoms with Crippen molar-refractivity contribution in [1.29, 1.82) is 0 Å². The van der Waals surface area contributed by atoms with E-state index < -0.39 is 0 Å². The van der Waals surface area contributed by atoms with Crippen LogP contribution in [0.25, 0.3) is 6.08 Å². The van der Waals surface area contributed by atoms with Gasteiger partial charge in [-0.05, 0) is 60.6 Å². The first kappa shape index (κ1) is 24.4. The maximum atomic E-state index is 13.8. The van der Waals surface area contributed by atoms with Crippen LogP contribution in [0.15, 0.2) is 82.6 Å². The Kier molecular flexibility index (Phi) is 7.01. The highest BCUT2D eigenvalue weighted by molar-refractivity contribution is 8.04. The molecule has 2 unspecified atom stereocenters. The summed E-state index contributed by atoms with van der Waals surface area (Å²) < 4.78 is 0. The summed E-state index contributed by atoms with van der Waals surface area (Å²) in [6.07, 6.45) is 3.11. The zero-order chi connectivity index (χ0) is 25.2. The monoisotopic (exact) mass is 496 g/mol. The lowest BCUT2D eigenvalue weighted by molar-refractivity contribution is -0.114. The van der Waals surface area contributed by atoms with E-state index in [1.165, 1.54) is 11.8 Å². The molecule has 3 aromatic rings. The summed E-state index contributed by atoms with van der Waals surface area (Å²) in [6.45, 7) is 8.50. The van der Waals surface area contributed by atoms with Crippen LogP contribution in [0.1, 0.15) is 47.3 Å². The summed E-state index contributed by atoms with van der Waals surface area (Å²) in [6, 6.07) is 24.0. The minimum atomic E-state index is -0.0392. The number of hydrogen-bond donors (Lipinski definition) is 0. The molecule has 0 radical (unpaired) electrons. The van der Waals surface area contributed by atoms with E-state index in [0.29, 0.717) is 28.8 Å². The zero-order valence-electron chi connectivity index (χ0n) is 21.1. The molecule has 184 valence electrons. The minimum Gasteiger partial charge on any atom is -0.338 e. The molecule has 5 heteroatoms. The third kappa shape index (κ3) is 5.26. The molecule has 4 nitrogen and oxygen atoms in total. The summed E-state index contributed by atoms with van der Waals surface area (Å²) in [5.41, 5.74) is 4.67. The second kappa shape index (κ2) is 10.4. The number of piperidine rings is 1. The van der Waals surface area contributed by atoms with E-state index in [1.54, 1.807) is 0 Å². The number of thioether (sulfide) groups is 1. The fraction of sp³-hybridized carbons (Fsp3) is 0.290. The van der Waals surface area contributed by atoms with Gasteiger partial charge in [0.25, 0.3) is 11.8 Å². The number of nitrogens with zero attached hydrogens (tertiary/aromatic N) is 2. The van der Waals surface area contributed by atoms with Gasteiger partial charge in [-0.15, -0.1) is 0 Å². The quantitative estimate of drug-likeness (QED) is 0.373. The highest BCUT2D eigenvalue weighted by Crippen LogP contribution is 2.43. The molecular formula is C31H32N2O2S. The molecule has 5 rings (SSSR count). The average Bonchev–Trinajstić information content (AvgIpc) is 2.86. The number of rotatable bonds is 4. The lowest BCUT2D eigenvalue weighted by atomic mass is 9.91. The number of anilines is 1. The molecule has 0 spiro atoms. The third-order valence-corrected chi connectivity index (χ3v) is 7.93. The Bertz CT molecular complexity index is 1310. The number of aryl methyl sites for hydroxylation is 1. The molecule has 2 heterocycles. The second-order valence-corrected chi connectivity index (χ2v) is 11.3. The van der Waals surface area contributed by atoms with Gasteiger partial charge in [0.2, 0.25) is 0 Å². The van der Waals surface area contributed by atoms with Crippen LogP contribution in [0.3, 0.4) is 0 Å². The van der Waals surface area contributed by atoms with Crippen LogP contribution in [0.4, 0.5) is 5.69 Å². The van der Waals surface area contributed by atoms with Gasteiger partial charge in [0.1, 0.15) is 0 Å². The number of benzene rings is 3. The van der Waals surface area contributed by atoms with Crippen molar-refractivity contribution >= 4 is 35.3 Å². The van der Waals surface area contributed by atoms with E-state index in [0.717, 1.165) is 46.8 Å². The van der Waals surface area contributed by atoms with Crippen molar-refractivity contribution in [3.63, 3.8) is 0 Å². The number of carbonyl (C=O) groups excluding carboxylic acids is 2. The molecule has 1 saturated heterocycles. The van der Waals surface area contributed by atoms with Crippen molar-refractivity contribution in [2.45, 2.75) is 38.6 Å².